The van der Waals surface area contributed by atoms with Gasteiger partial charge in [-0.3, -0.25) is 0 Å². The highest BCUT2D eigenvalue weighted by Gasteiger charge is 2.49. The third-order valence-electron chi connectivity index (χ3n) is 12.1. The highest BCUT2D eigenvalue weighted by Crippen LogP contribution is 2.50. The molecule has 6 heteroatoms. The normalized spacial score (nSPS) is 13.9. The van der Waals surface area contributed by atoms with Crippen LogP contribution in [0.5, 0.6) is 0 Å². The van der Waals surface area contributed by atoms with Crippen LogP contribution >= 0.6 is 11.3 Å². The van der Waals surface area contributed by atoms with Crippen LogP contribution in [0.2, 0.25) is 0 Å². The van der Waals surface area contributed by atoms with Crippen molar-refractivity contribution in [2.24, 2.45) is 0 Å². The standard InChI is InChI=1S/C54H58BN3OS/c1-51(2,3)35-23-27-39(28-24-35)57-42-31-41(56(37-19-15-13-16-20-37)38-21-17-14-18-22-38)32-43-48(42)55(49-44(57)33-46(59-49)53(7,8)9)50-45(34-47(60-50)54(10,11)12)58(43)40-29-25-36(26-30-40)52(4,5)6/h13-34H,1-12H3. The Bertz CT molecular complexity index is 2500. The van der Waals surface area contributed by atoms with Gasteiger partial charge in [-0.05, 0) is 99.6 Å². The molecule has 60 heavy (non-hydrogen) atoms. The minimum Gasteiger partial charge on any atom is -0.472 e. The Hall–Kier alpha value is -5.46. The summed E-state index contributed by atoms with van der Waals surface area (Å²) < 4.78 is 8.57. The molecule has 0 amide bonds. The number of hydrogen-bond donors (Lipinski definition) is 0. The lowest BCUT2D eigenvalue weighted by Crippen LogP contribution is -2.60. The summed E-state index contributed by atoms with van der Waals surface area (Å²) in [5, 5.41) is 0. The van der Waals surface area contributed by atoms with Crippen LogP contribution in [-0.4, -0.2) is 6.71 Å². The second kappa shape index (κ2) is 14.1. The fourth-order valence-corrected chi connectivity index (χ4v) is 10.0. The van der Waals surface area contributed by atoms with Gasteiger partial charge in [0.25, 0.3) is 0 Å². The second-order valence-corrected chi connectivity index (χ2v) is 21.9. The first kappa shape index (κ1) is 40.0. The Morgan fingerprint density at radius 3 is 1.37 bits per heavy atom. The molecule has 0 N–H and O–H groups in total. The largest absolute Gasteiger partial charge is 0.472 e. The molecule has 304 valence electrons. The third-order valence-corrected chi connectivity index (χ3v) is 13.7. The van der Waals surface area contributed by atoms with Crippen LogP contribution in [0.25, 0.3) is 0 Å². The van der Waals surface area contributed by atoms with E-state index in [1.54, 1.807) is 0 Å². The zero-order valence-electron chi connectivity index (χ0n) is 37.4. The summed E-state index contributed by atoms with van der Waals surface area (Å²) in [6, 6.07) is 49.7. The molecule has 0 fully saturated rings. The van der Waals surface area contributed by atoms with E-state index >= 15 is 0 Å². The van der Waals surface area contributed by atoms with E-state index in [9.17, 15) is 0 Å². The van der Waals surface area contributed by atoms with Crippen molar-refractivity contribution in [1.82, 2.24) is 0 Å². The Balaban J connectivity index is 1.41. The number of benzene rings is 5. The quantitative estimate of drug-likeness (QED) is 0.162. The lowest BCUT2D eigenvalue weighted by atomic mass is 9.38. The van der Waals surface area contributed by atoms with Gasteiger partial charge in [0.05, 0.1) is 22.7 Å². The first-order valence-electron chi connectivity index (χ1n) is 21.5. The minimum absolute atomic E-state index is 0.0278. The van der Waals surface area contributed by atoms with Crippen LogP contribution in [-0.2, 0) is 21.7 Å². The van der Waals surface area contributed by atoms with Crippen LogP contribution in [0.4, 0.5) is 51.2 Å². The summed E-state index contributed by atoms with van der Waals surface area (Å²) in [5.74, 6) is 0.989. The first-order valence-corrected chi connectivity index (χ1v) is 22.3. The zero-order chi connectivity index (χ0) is 42.5. The molecule has 0 unspecified atom stereocenters. The Morgan fingerprint density at radius 1 is 0.467 bits per heavy atom. The molecule has 0 saturated heterocycles. The molecule has 5 aromatic carbocycles. The molecule has 9 rings (SSSR count). The minimum atomic E-state index is -0.193. The number of para-hydroxylation sites is 2. The maximum Gasteiger partial charge on any atom is 0.309 e. The summed E-state index contributed by atoms with van der Waals surface area (Å²) in [6.07, 6.45) is 0. The summed E-state index contributed by atoms with van der Waals surface area (Å²) >= 11 is 1.94. The van der Waals surface area contributed by atoms with Crippen LogP contribution < -0.4 is 30.6 Å². The second-order valence-electron chi connectivity index (χ2n) is 20.8. The highest BCUT2D eigenvalue weighted by molar-refractivity contribution is 7.29. The molecule has 7 aromatic rings. The monoisotopic (exact) mass is 807 g/mol. The lowest BCUT2D eigenvalue weighted by Gasteiger charge is -2.42. The number of thiophene rings is 1. The smallest absolute Gasteiger partial charge is 0.309 e. The van der Waals surface area contributed by atoms with E-state index in [0.29, 0.717) is 0 Å². The topological polar surface area (TPSA) is 22.9 Å². The fraction of sp³-hybridized carbons (Fsp3) is 0.296. The van der Waals surface area contributed by atoms with Gasteiger partial charge in [-0.1, -0.05) is 144 Å². The van der Waals surface area contributed by atoms with Gasteiger partial charge in [0, 0.05) is 55.3 Å². The molecule has 2 aliphatic heterocycles. The molecule has 0 saturated carbocycles. The highest BCUT2D eigenvalue weighted by atomic mass is 32.1. The van der Waals surface area contributed by atoms with Crippen molar-refractivity contribution in [3.63, 3.8) is 0 Å². The van der Waals surface area contributed by atoms with Gasteiger partial charge in [0.2, 0.25) is 0 Å². The van der Waals surface area contributed by atoms with Crippen molar-refractivity contribution in [3.8, 4) is 0 Å². The van der Waals surface area contributed by atoms with E-state index in [1.807, 2.05) is 11.3 Å². The van der Waals surface area contributed by atoms with E-state index in [1.165, 1.54) is 31.9 Å². The van der Waals surface area contributed by atoms with Gasteiger partial charge in [0.1, 0.15) is 5.76 Å². The number of furan rings is 1. The zero-order valence-corrected chi connectivity index (χ0v) is 38.3. The molecule has 0 spiro atoms. The first-order chi connectivity index (χ1) is 28.3. The fourth-order valence-electron chi connectivity index (χ4n) is 8.72. The molecule has 0 bridgehead atoms. The van der Waals surface area contributed by atoms with E-state index in [0.717, 1.165) is 56.9 Å². The number of fused-ring (bicyclic) bond motifs is 4. The van der Waals surface area contributed by atoms with E-state index in [-0.39, 0.29) is 28.4 Å². The summed E-state index contributed by atoms with van der Waals surface area (Å²) in [5.41, 5.74) is 14.9. The summed E-state index contributed by atoms with van der Waals surface area (Å²) in [7, 11) is 0. The predicted molar refractivity (Wildman–Crippen MR) is 260 cm³/mol. The Kier molecular flexibility index (Phi) is 9.37. The number of nitrogens with zero attached hydrogens (tertiary/aromatic N) is 3. The maximum atomic E-state index is 7.25. The third kappa shape index (κ3) is 6.87. The van der Waals surface area contributed by atoms with Gasteiger partial charge in [0.15, 0.2) is 0 Å². The average Bonchev–Trinajstić information content (AvgIpc) is 3.85. The van der Waals surface area contributed by atoms with Gasteiger partial charge >= 0.3 is 6.71 Å². The molecule has 4 heterocycles. The SMILES string of the molecule is CC(C)(C)c1ccc(N2c3cc(C(C)(C)C)oc3B3c4sc(C(C)(C)C)cc4N(c4ccc(C(C)(C)C)cc4)c4cc(N(c5ccccc5)c5ccccc5)cc2c43)cc1. The lowest BCUT2D eigenvalue weighted by molar-refractivity contribution is 0.424. The predicted octanol–water partition coefficient (Wildman–Crippen LogP) is 14.1. The number of anilines is 9. The van der Waals surface area contributed by atoms with Gasteiger partial charge in [-0.25, -0.2) is 0 Å². The van der Waals surface area contributed by atoms with E-state index in [4.69, 9.17) is 4.42 Å². The van der Waals surface area contributed by atoms with Crippen LogP contribution in [0.1, 0.15) is 105 Å². The molecule has 2 aliphatic rings. The molecule has 0 atom stereocenters. The summed E-state index contributed by atoms with van der Waals surface area (Å²) in [6.45, 7) is 27.4. The molecule has 0 radical (unpaired) electrons. The molecule has 0 aliphatic carbocycles. The van der Waals surface area contributed by atoms with Crippen LogP contribution in [0.15, 0.2) is 138 Å². The van der Waals surface area contributed by atoms with E-state index in [2.05, 4.69) is 231 Å². The Morgan fingerprint density at radius 2 is 0.933 bits per heavy atom. The molecule has 4 nitrogen and oxygen atoms in total. The Labute approximate surface area is 362 Å². The molecular weight excluding hydrogens is 749 g/mol. The molecule has 2 aromatic heterocycles. The van der Waals surface area contributed by atoms with Crippen LogP contribution in [0.3, 0.4) is 0 Å². The van der Waals surface area contributed by atoms with Gasteiger partial charge in [-0.2, -0.15) is 11.3 Å². The number of rotatable bonds is 5. The summed E-state index contributed by atoms with van der Waals surface area (Å²) in [4.78, 5) is 8.79. The van der Waals surface area contributed by atoms with Crippen LogP contribution in [0, 0.1) is 0 Å². The van der Waals surface area contributed by atoms with Crippen molar-refractivity contribution in [1.29, 1.82) is 0 Å². The average molecular weight is 808 g/mol. The maximum absolute atomic E-state index is 7.25. The molecular formula is C54H58BN3OS. The van der Waals surface area contributed by atoms with Gasteiger partial charge < -0.3 is 19.1 Å². The van der Waals surface area contributed by atoms with E-state index < -0.39 is 0 Å². The van der Waals surface area contributed by atoms with Crippen molar-refractivity contribution < 1.29 is 4.42 Å². The number of hydrogen-bond acceptors (Lipinski definition) is 5. The van der Waals surface area contributed by atoms with Crippen molar-refractivity contribution >= 4 is 85.1 Å². The van der Waals surface area contributed by atoms with Crippen molar-refractivity contribution in [2.45, 2.75) is 105 Å². The van der Waals surface area contributed by atoms with Crippen molar-refractivity contribution in [3.05, 3.63) is 155 Å². The van der Waals surface area contributed by atoms with Gasteiger partial charge in [-0.15, -0.1) is 0 Å². The van der Waals surface area contributed by atoms with Crippen molar-refractivity contribution in [2.75, 3.05) is 14.7 Å².